The molecule has 4 nitrogen and oxygen atoms in total. The predicted molar refractivity (Wildman–Crippen MR) is 105 cm³/mol. The molecule has 138 valence electrons. The van der Waals surface area contributed by atoms with Crippen molar-refractivity contribution in [2.75, 3.05) is 38.7 Å². The summed E-state index contributed by atoms with van der Waals surface area (Å²) in [7, 11) is 3.98. The first-order valence-corrected chi connectivity index (χ1v) is 9.32. The average Bonchev–Trinajstić information content (AvgIpc) is 2.69. The Morgan fingerprint density at radius 1 is 1.08 bits per heavy atom. The molecule has 0 spiro atoms. The van der Waals surface area contributed by atoms with Gasteiger partial charge in [0.2, 0.25) is 0 Å². The summed E-state index contributed by atoms with van der Waals surface area (Å²) in [5.74, 6) is 0.674. The van der Waals surface area contributed by atoms with Crippen LogP contribution in [0.25, 0.3) is 0 Å². The summed E-state index contributed by atoms with van der Waals surface area (Å²) in [6, 6.07) is 18.1. The standard InChI is InChI=1S/C22H28N2O2/c1-23(2)21-10-6-9-20(15-21)22(25)24-13-11-19(12-14-24)17-26-16-18-7-4-3-5-8-18/h3-10,15,19H,11-14,16-17H2,1-2H3. The molecule has 0 aliphatic carbocycles. The topological polar surface area (TPSA) is 32.8 Å². The van der Waals surface area contributed by atoms with Crippen LogP contribution in [-0.2, 0) is 11.3 Å². The van der Waals surface area contributed by atoms with Crippen molar-refractivity contribution in [3.8, 4) is 0 Å². The van der Waals surface area contributed by atoms with Crippen molar-refractivity contribution < 1.29 is 9.53 Å². The Labute approximate surface area is 156 Å². The zero-order chi connectivity index (χ0) is 18.4. The maximum absolute atomic E-state index is 12.8. The number of nitrogens with zero attached hydrogens (tertiary/aromatic N) is 2. The summed E-state index contributed by atoms with van der Waals surface area (Å²) < 4.78 is 5.87. The van der Waals surface area contributed by atoms with Crippen LogP contribution >= 0.6 is 0 Å². The van der Waals surface area contributed by atoms with Gasteiger partial charge in [0.15, 0.2) is 0 Å². The van der Waals surface area contributed by atoms with Crippen LogP contribution in [-0.4, -0.2) is 44.6 Å². The lowest BCUT2D eigenvalue weighted by Crippen LogP contribution is -2.39. The quantitative estimate of drug-likeness (QED) is 0.792. The summed E-state index contributed by atoms with van der Waals surface area (Å²) in [6.45, 7) is 3.05. The van der Waals surface area contributed by atoms with Crippen molar-refractivity contribution in [2.45, 2.75) is 19.4 Å². The molecule has 3 rings (SSSR count). The van der Waals surface area contributed by atoms with Crippen LogP contribution < -0.4 is 4.90 Å². The lowest BCUT2D eigenvalue weighted by atomic mass is 9.97. The first-order valence-electron chi connectivity index (χ1n) is 9.32. The molecule has 0 N–H and O–H groups in total. The minimum atomic E-state index is 0.136. The van der Waals surface area contributed by atoms with E-state index in [4.69, 9.17) is 4.74 Å². The Morgan fingerprint density at radius 2 is 1.81 bits per heavy atom. The smallest absolute Gasteiger partial charge is 0.253 e. The van der Waals surface area contributed by atoms with Crippen LogP contribution in [0.5, 0.6) is 0 Å². The van der Waals surface area contributed by atoms with Crippen LogP contribution in [0.1, 0.15) is 28.8 Å². The molecular formula is C22H28N2O2. The van der Waals surface area contributed by atoms with Gasteiger partial charge in [-0.3, -0.25) is 4.79 Å². The van der Waals surface area contributed by atoms with Crippen LogP contribution in [0.4, 0.5) is 5.69 Å². The molecule has 1 aliphatic rings. The van der Waals surface area contributed by atoms with Gasteiger partial charge in [-0.1, -0.05) is 36.4 Å². The normalized spacial score (nSPS) is 15.1. The number of hydrogen-bond donors (Lipinski definition) is 0. The molecule has 0 atom stereocenters. The Morgan fingerprint density at radius 3 is 2.50 bits per heavy atom. The van der Waals surface area contributed by atoms with E-state index in [0.717, 1.165) is 43.8 Å². The van der Waals surface area contributed by atoms with E-state index in [9.17, 15) is 4.79 Å². The minimum Gasteiger partial charge on any atom is -0.378 e. The number of hydrogen-bond acceptors (Lipinski definition) is 3. The predicted octanol–water partition coefficient (Wildman–Crippen LogP) is 3.82. The van der Waals surface area contributed by atoms with E-state index in [-0.39, 0.29) is 5.91 Å². The van der Waals surface area contributed by atoms with Gasteiger partial charge in [0, 0.05) is 45.0 Å². The van der Waals surface area contributed by atoms with E-state index < -0.39 is 0 Å². The number of amides is 1. The Hall–Kier alpha value is -2.33. The summed E-state index contributed by atoms with van der Waals surface area (Å²) >= 11 is 0. The van der Waals surface area contributed by atoms with E-state index in [1.54, 1.807) is 0 Å². The van der Waals surface area contributed by atoms with Gasteiger partial charge in [0.05, 0.1) is 6.61 Å². The number of benzene rings is 2. The molecule has 2 aromatic rings. The maximum Gasteiger partial charge on any atom is 0.253 e. The first kappa shape index (κ1) is 18.5. The van der Waals surface area contributed by atoms with Gasteiger partial charge in [-0.2, -0.15) is 0 Å². The Bertz CT molecular complexity index is 707. The number of piperidine rings is 1. The fourth-order valence-corrected chi connectivity index (χ4v) is 3.32. The van der Waals surface area contributed by atoms with Crippen molar-refractivity contribution in [1.82, 2.24) is 4.90 Å². The molecule has 0 aromatic heterocycles. The van der Waals surface area contributed by atoms with Gasteiger partial charge in [-0.25, -0.2) is 0 Å². The fourth-order valence-electron chi connectivity index (χ4n) is 3.32. The van der Waals surface area contributed by atoms with Crippen LogP contribution in [0, 0.1) is 5.92 Å². The van der Waals surface area contributed by atoms with Crippen LogP contribution in [0.3, 0.4) is 0 Å². The van der Waals surface area contributed by atoms with Gasteiger partial charge in [0.25, 0.3) is 5.91 Å². The molecule has 4 heteroatoms. The lowest BCUT2D eigenvalue weighted by Gasteiger charge is -2.32. The minimum absolute atomic E-state index is 0.136. The lowest BCUT2D eigenvalue weighted by molar-refractivity contribution is 0.0478. The third-order valence-electron chi connectivity index (χ3n) is 4.98. The van der Waals surface area contributed by atoms with Crippen LogP contribution in [0.15, 0.2) is 54.6 Å². The zero-order valence-electron chi connectivity index (χ0n) is 15.7. The van der Waals surface area contributed by atoms with Crippen molar-refractivity contribution in [3.05, 3.63) is 65.7 Å². The summed E-state index contributed by atoms with van der Waals surface area (Å²) in [5.41, 5.74) is 3.04. The summed E-state index contributed by atoms with van der Waals surface area (Å²) in [5, 5.41) is 0. The molecule has 0 bridgehead atoms. The van der Waals surface area contributed by atoms with Gasteiger partial charge < -0.3 is 14.5 Å². The molecule has 0 saturated carbocycles. The van der Waals surface area contributed by atoms with E-state index in [0.29, 0.717) is 12.5 Å². The van der Waals surface area contributed by atoms with Crippen molar-refractivity contribution in [3.63, 3.8) is 0 Å². The third-order valence-corrected chi connectivity index (χ3v) is 4.98. The van der Waals surface area contributed by atoms with Gasteiger partial charge >= 0.3 is 0 Å². The zero-order valence-corrected chi connectivity index (χ0v) is 15.7. The molecule has 1 aliphatic heterocycles. The van der Waals surface area contributed by atoms with Gasteiger partial charge in [-0.15, -0.1) is 0 Å². The Kier molecular flexibility index (Phi) is 6.29. The molecule has 0 unspecified atom stereocenters. The van der Waals surface area contributed by atoms with Crippen molar-refractivity contribution in [2.24, 2.45) is 5.92 Å². The van der Waals surface area contributed by atoms with Crippen molar-refractivity contribution >= 4 is 11.6 Å². The Balaban J connectivity index is 1.46. The fraction of sp³-hybridized carbons (Fsp3) is 0.409. The summed E-state index contributed by atoms with van der Waals surface area (Å²) in [6.07, 6.45) is 2.02. The average molecular weight is 352 g/mol. The molecule has 1 heterocycles. The number of likely N-dealkylation sites (tertiary alicyclic amines) is 1. The van der Waals surface area contributed by atoms with Crippen LogP contribution in [0.2, 0.25) is 0 Å². The van der Waals surface area contributed by atoms with Crippen molar-refractivity contribution in [1.29, 1.82) is 0 Å². The molecule has 1 fully saturated rings. The highest BCUT2D eigenvalue weighted by Crippen LogP contribution is 2.21. The highest BCUT2D eigenvalue weighted by atomic mass is 16.5. The van der Waals surface area contributed by atoms with E-state index >= 15 is 0 Å². The van der Waals surface area contributed by atoms with Gasteiger partial charge in [-0.05, 0) is 42.5 Å². The molecule has 1 saturated heterocycles. The molecule has 0 radical (unpaired) electrons. The summed E-state index contributed by atoms with van der Waals surface area (Å²) in [4.78, 5) is 16.8. The highest BCUT2D eigenvalue weighted by Gasteiger charge is 2.24. The molecule has 1 amide bonds. The largest absolute Gasteiger partial charge is 0.378 e. The number of carbonyl (C=O) groups is 1. The molecular weight excluding hydrogens is 324 g/mol. The number of carbonyl (C=O) groups excluding carboxylic acids is 1. The number of ether oxygens (including phenoxy) is 1. The van der Waals surface area contributed by atoms with E-state index in [1.165, 1.54) is 5.56 Å². The van der Waals surface area contributed by atoms with Gasteiger partial charge in [0.1, 0.15) is 0 Å². The maximum atomic E-state index is 12.8. The first-order chi connectivity index (χ1) is 12.6. The SMILES string of the molecule is CN(C)c1cccc(C(=O)N2CCC(COCc3ccccc3)CC2)c1. The second-order valence-corrected chi connectivity index (χ2v) is 7.18. The highest BCUT2D eigenvalue weighted by molar-refractivity contribution is 5.95. The monoisotopic (exact) mass is 352 g/mol. The number of anilines is 1. The second-order valence-electron chi connectivity index (χ2n) is 7.18. The van der Waals surface area contributed by atoms with E-state index in [1.807, 2.05) is 66.4 Å². The second kappa shape index (κ2) is 8.86. The molecule has 2 aromatic carbocycles. The number of rotatable bonds is 6. The molecule has 26 heavy (non-hydrogen) atoms. The van der Waals surface area contributed by atoms with E-state index in [2.05, 4.69) is 12.1 Å². The third kappa shape index (κ3) is 4.85.